The number of fused-ring (bicyclic) bond motifs is 1. The SMILES string of the molecule is CCOC(Cc1ccc(OCCn2c(=O)sc3cc(C(=NO)c4cccc(Cl)c4)ccc32)cc1)C(=O)OC. The lowest BCUT2D eigenvalue weighted by atomic mass is 10.0. The van der Waals surface area contributed by atoms with Crippen molar-refractivity contribution < 1.29 is 24.2 Å². The van der Waals surface area contributed by atoms with E-state index in [2.05, 4.69) is 5.16 Å². The van der Waals surface area contributed by atoms with Gasteiger partial charge in [0.15, 0.2) is 6.10 Å². The zero-order valence-corrected chi connectivity index (χ0v) is 22.5. The molecule has 0 aliphatic carbocycles. The molecule has 1 unspecified atom stereocenters. The summed E-state index contributed by atoms with van der Waals surface area (Å²) in [7, 11) is 1.34. The van der Waals surface area contributed by atoms with Crippen molar-refractivity contribution in [2.45, 2.75) is 26.0 Å². The highest BCUT2D eigenvalue weighted by molar-refractivity contribution is 7.16. The Morgan fingerprint density at radius 2 is 1.87 bits per heavy atom. The van der Waals surface area contributed by atoms with E-state index in [9.17, 15) is 14.8 Å². The summed E-state index contributed by atoms with van der Waals surface area (Å²) in [5.41, 5.74) is 3.40. The van der Waals surface area contributed by atoms with Crippen LogP contribution in [0.1, 0.15) is 23.6 Å². The third-order valence-electron chi connectivity index (χ3n) is 5.90. The fourth-order valence-electron chi connectivity index (χ4n) is 4.08. The van der Waals surface area contributed by atoms with Gasteiger partial charge in [0.05, 0.1) is 23.9 Å². The van der Waals surface area contributed by atoms with Crippen molar-refractivity contribution in [3.8, 4) is 5.75 Å². The summed E-state index contributed by atoms with van der Waals surface area (Å²) in [6.45, 7) is 2.90. The molecule has 198 valence electrons. The van der Waals surface area contributed by atoms with E-state index in [-0.39, 0.29) is 4.87 Å². The van der Waals surface area contributed by atoms with Gasteiger partial charge in [-0.1, -0.05) is 58.4 Å². The summed E-state index contributed by atoms with van der Waals surface area (Å²) < 4.78 is 18.6. The molecule has 0 aliphatic rings. The first-order valence-electron chi connectivity index (χ1n) is 12.0. The van der Waals surface area contributed by atoms with Gasteiger partial charge in [0.1, 0.15) is 18.1 Å². The monoisotopic (exact) mass is 554 g/mol. The molecule has 4 rings (SSSR count). The lowest BCUT2D eigenvalue weighted by molar-refractivity contribution is -0.153. The van der Waals surface area contributed by atoms with Gasteiger partial charge in [-0.15, -0.1) is 0 Å². The minimum Gasteiger partial charge on any atom is -0.492 e. The summed E-state index contributed by atoms with van der Waals surface area (Å²) in [5.74, 6) is 0.247. The van der Waals surface area contributed by atoms with Crippen molar-refractivity contribution in [1.29, 1.82) is 0 Å². The summed E-state index contributed by atoms with van der Waals surface area (Å²) in [6, 6.07) is 19.9. The highest BCUT2D eigenvalue weighted by Gasteiger charge is 2.20. The first-order valence-corrected chi connectivity index (χ1v) is 13.2. The number of hydrogen-bond acceptors (Lipinski definition) is 8. The van der Waals surface area contributed by atoms with Gasteiger partial charge in [0.2, 0.25) is 0 Å². The Kier molecular flexibility index (Phi) is 9.17. The molecule has 1 heterocycles. The van der Waals surface area contributed by atoms with Crippen LogP contribution in [-0.4, -0.2) is 47.9 Å². The molecule has 38 heavy (non-hydrogen) atoms. The summed E-state index contributed by atoms with van der Waals surface area (Å²) in [6.07, 6.45) is -0.250. The number of methoxy groups -OCH3 is 1. The Morgan fingerprint density at radius 3 is 2.55 bits per heavy atom. The maximum Gasteiger partial charge on any atom is 0.335 e. The number of carbonyl (C=O) groups excluding carboxylic acids is 1. The Bertz CT molecular complexity index is 1500. The normalized spacial score (nSPS) is 12.4. The molecule has 0 saturated carbocycles. The van der Waals surface area contributed by atoms with E-state index in [0.29, 0.717) is 53.8 Å². The number of benzene rings is 3. The first-order chi connectivity index (χ1) is 18.4. The van der Waals surface area contributed by atoms with Crippen LogP contribution >= 0.6 is 22.9 Å². The Balaban J connectivity index is 1.42. The summed E-state index contributed by atoms with van der Waals surface area (Å²) in [5, 5.41) is 13.6. The average Bonchev–Trinajstić information content (AvgIpc) is 3.23. The minimum absolute atomic E-state index is 0.105. The Hall–Kier alpha value is -3.66. The molecule has 8 nitrogen and oxygen atoms in total. The number of esters is 1. The number of halogens is 1. The maximum atomic E-state index is 12.7. The number of thiazole rings is 1. The van der Waals surface area contributed by atoms with Crippen LogP contribution < -0.4 is 9.61 Å². The molecule has 0 radical (unpaired) electrons. The van der Waals surface area contributed by atoms with Gasteiger partial charge in [-0.05, 0) is 48.9 Å². The van der Waals surface area contributed by atoms with E-state index in [4.69, 9.17) is 25.8 Å². The smallest absolute Gasteiger partial charge is 0.335 e. The molecule has 3 aromatic carbocycles. The first kappa shape index (κ1) is 27.4. The molecule has 0 fully saturated rings. The van der Waals surface area contributed by atoms with E-state index >= 15 is 0 Å². The van der Waals surface area contributed by atoms with E-state index in [1.165, 1.54) is 7.11 Å². The largest absolute Gasteiger partial charge is 0.492 e. The molecule has 1 aromatic heterocycles. The fourth-order valence-corrected chi connectivity index (χ4v) is 5.22. The predicted molar refractivity (Wildman–Crippen MR) is 148 cm³/mol. The van der Waals surface area contributed by atoms with E-state index in [1.807, 2.05) is 49.4 Å². The lowest BCUT2D eigenvalue weighted by Gasteiger charge is -2.15. The summed E-state index contributed by atoms with van der Waals surface area (Å²) >= 11 is 7.21. The van der Waals surface area contributed by atoms with Crippen molar-refractivity contribution in [2.24, 2.45) is 5.16 Å². The van der Waals surface area contributed by atoms with Crippen molar-refractivity contribution in [2.75, 3.05) is 20.3 Å². The molecule has 1 N–H and O–H groups in total. The number of rotatable bonds is 11. The minimum atomic E-state index is -0.652. The van der Waals surface area contributed by atoms with Gasteiger partial charge in [0.25, 0.3) is 0 Å². The third-order valence-corrected chi connectivity index (χ3v) is 7.08. The van der Waals surface area contributed by atoms with Gasteiger partial charge in [-0.3, -0.25) is 9.36 Å². The fraction of sp³-hybridized carbons (Fsp3) is 0.250. The van der Waals surface area contributed by atoms with E-state index in [0.717, 1.165) is 27.1 Å². The molecule has 0 spiro atoms. The number of nitrogens with zero attached hydrogens (tertiary/aromatic N) is 2. The van der Waals surface area contributed by atoms with Crippen LogP contribution in [0, 0.1) is 0 Å². The molecule has 0 amide bonds. The van der Waals surface area contributed by atoms with Crippen LogP contribution in [0.15, 0.2) is 76.7 Å². The van der Waals surface area contributed by atoms with Crippen molar-refractivity contribution in [3.05, 3.63) is 98.1 Å². The molecule has 0 saturated heterocycles. The molecular weight excluding hydrogens is 528 g/mol. The molecular formula is C28H27ClN2O6S. The summed E-state index contributed by atoms with van der Waals surface area (Å²) in [4.78, 5) is 24.5. The number of hydrogen-bond donors (Lipinski definition) is 1. The van der Waals surface area contributed by atoms with E-state index in [1.54, 1.807) is 28.8 Å². The number of carbonyl (C=O) groups is 1. The molecule has 1 atom stereocenters. The van der Waals surface area contributed by atoms with Gasteiger partial charge in [0, 0.05) is 29.2 Å². The van der Waals surface area contributed by atoms with Crippen LogP contribution in [0.3, 0.4) is 0 Å². The second kappa shape index (κ2) is 12.7. The maximum absolute atomic E-state index is 12.7. The van der Waals surface area contributed by atoms with Crippen LogP contribution in [0.25, 0.3) is 10.2 Å². The van der Waals surface area contributed by atoms with Crippen molar-refractivity contribution in [3.63, 3.8) is 0 Å². The molecule has 0 aliphatic heterocycles. The second-order valence-corrected chi connectivity index (χ2v) is 9.75. The van der Waals surface area contributed by atoms with Gasteiger partial charge >= 0.3 is 10.8 Å². The van der Waals surface area contributed by atoms with E-state index < -0.39 is 12.1 Å². The molecule has 0 bridgehead atoms. The van der Waals surface area contributed by atoms with Crippen LogP contribution in [-0.2, 0) is 27.2 Å². The standard InChI is InChI=1S/C28H27ClN2O6S/c1-3-36-24(27(32)35-2)15-18-7-10-22(11-8-18)37-14-13-31-23-12-9-20(17-25(23)38-28(31)33)26(30-34)19-5-4-6-21(29)16-19/h4-12,16-17,24,34H,3,13-15H2,1-2H3. The zero-order valence-electron chi connectivity index (χ0n) is 20.9. The van der Waals surface area contributed by atoms with Crippen molar-refractivity contribution >= 4 is 44.8 Å². The quantitative estimate of drug-likeness (QED) is 0.119. The number of aromatic nitrogens is 1. The zero-order chi connectivity index (χ0) is 27.1. The Morgan fingerprint density at radius 1 is 1.11 bits per heavy atom. The van der Waals surface area contributed by atoms with Crippen LogP contribution in [0.4, 0.5) is 0 Å². The topological polar surface area (TPSA) is 99.4 Å². The highest BCUT2D eigenvalue weighted by atomic mass is 35.5. The van der Waals surface area contributed by atoms with Crippen LogP contribution in [0.5, 0.6) is 5.75 Å². The van der Waals surface area contributed by atoms with Crippen molar-refractivity contribution in [1.82, 2.24) is 4.57 Å². The van der Waals surface area contributed by atoms with Gasteiger partial charge in [-0.2, -0.15) is 0 Å². The molecule has 10 heteroatoms. The Labute approximate surface area is 228 Å². The van der Waals surface area contributed by atoms with Gasteiger partial charge in [-0.25, -0.2) is 4.79 Å². The highest BCUT2D eigenvalue weighted by Crippen LogP contribution is 2.23. The third kappa shape index (κ3) is 6.42. The van der Waals surface area contributed by atoms with Gasteiger partial charge < -0.3 is 19.4 Å². The lowest BCUT2D eigenvalue weighted by Crippen LogP contribution is -2.28. The predicted octanol–water partition coefficient (Wildman–Crippen LogP) is 5.14. The number of oxime groups is 1. The number of ether oxygens (including phenoxy) is 3. The average molecular weight is 555 g/mol. The van der Waals surface area contributed by atoms with Crippen LogP contribution in [0.2, 0.25) is 5.02 Å². The molecule has 4 aromatic rings. The second-order valence-electron chi connectivity index (χ2n) is 8.32.